The van der Waals surface area contributed by atoms with Gasteiger partial charge < -0.3 is 10.2 Å². The van der Waals surface area contributed by atoms with Crippen LogP contribution in [-0.2, 0) is 6.54 Å². The number of nitriles is 1. The molecule has 1 N–H and O–H groups in total. The maximum atomic E-state index is 9.32. The predicted octanol–water partition coefficient (Wildman–Crippen LogP) is 2.90. The average Bonchev–Trinajstić information content (AvgIpc) is 3.19. The highest BCUT2D eigenvalue weighted by atomic mass is 15.1. The van der Waals surface area contributed by atoms with Crippen molar-refractivity contribution in [3.05, 3.63) is 29.3 Å². The summed E-state index contributed by atoms with van der Waals surface area (Å²) in [4.78, 5) is 2.17. The molecule has 0 heterocycles. The van der Waals surface area contributed by atoms with Gasteiger partial charge in [0.05, 0.1) is 11.3 Å². The summed E-state index contributed by atoms with van der Waals surface area (Å²) in [6.07, 6.45) is 2.58. The Bertz CT molecular complexity index is 469. The van der Waals surface area contributed by atoms with Gasteiger partial charge in [-0.2, -0.15) is 5.26 Å². The second kappa shape index (κ2) is 6.08. The molecule has 0 saturated heterocycles. The van der Waals surface area contributed by atoms with E-state index < -0.39 is 0 Å². The highest BCUT2D eigenvalue weighted by Gasteiger charge is 2.20. The molecule has 3 heteroatoms. The Balaban J connectivity index is 2.08. The molecule has 3 nitrogen and oxygen atoms in total. The SMILES string of the molecule is CC(C)CN(C)c1ccc(CNC2CC2)cc1C#N. The number of nitrogens with zero attached hydrogens (tertiary/aromatic N) is 2. The molecule has 1 aliphatic rings. The van der Waals surface area contributed by atoms with Gasteiger partial charge in [-0.15, -0.1) is 0 Å². The minimum atomic E-state index is 0.591. The van der Waals surface area contributed by atoms with Crippen molar-refractivity contribution in [2.45, 2.75) is 39.3 Å². The molecular weight excluding hydrogens is 234 g/mol. The van der Waals surface area contributed by atoms with Crippen molar-refractivity contribution in [1.29, 1.82) is 5.26 Å². The van der Waals surface area contributed by atoms with Crippen molar-refractivity contribution >= 4 is 5.69 Å². The van der Waals surface area contributed by atoms with Crippen LogP contribution in [0.1, 0.15) is 37.8 Å². The third-order valence-corrected chi connectivity index (χ3v) is 3.40. The van der Waals surface area contributed by atoms with E-state index in [9.17, 15) is 5.26 Å². The van der Waals surface area contributed by atoms with Crippen LogP contribution < -0.4 is 10.2 Å². The molecule has 102 valence electrons. The standard InChI is InChI=1S/C16H23N3/c1-12(2)11-19(3)16-7-4-13(8-14(16)9-17)10-18-15-5-6-15/h4,7-8,12,15,18H,5-6,10-11H2,1-3H3. The smallest absolute Gasteiger partial charge is 0.101 e. The lowest BCUT2D eigenvalue weighted by Crippen LogP contribution is -2.23. The summed E-state index contributed by atoms with van der Waals surface area (Å²) in [5.74, 6) is 0.591. The van der Waals surface area contributed by atoms with Gasteiger partial charge in [0.2, 0.25) is 0 Å². The first-order valence-electron chi connectivity index (χ1n) is 7.07. The van der Waals surface area contributed by atoms with Gasteiger partial charge in [0, 0.05) is 26.2 Å². The third-order valence-electron chi connectivity index (χ3n) is 3.40. The Kier molecular flexibility index (Phi) is 4.44. The predicted molar refractivity (Wildman–Crippen MR) is 79.1 cm³/mol. The monoisotopic (exact) mass is 257 g/mol. The number of rotatable bonds is 6. The molecule has 1 saturated carbocycles. The summed E-state index contributed by atoms with van der Waals surface area (Å²) in [6.45, 7) is 6.22. The maximum absolute atomic E-state index is 9.32. The van der Waals surface area contributed by atoms with Crippen LogP contribution in [0, 0.1) is 17.2 Å². The Hall–Kier alpha value is -1.53. The fourth-order valence-electron chi connectivity index (χ4n) is 2.31. The minimum Gasteiger partial charge on any atom is -0.373 e. The number of nitrogens with one attached hydrogen (secondary N) is 1. The molecule has 0 aromatic heterocycles. The van der Waals surface area contributed by atoms with E-state index in [0.29, 0.717) is 12.0 Å². The quantitative estimate of drug-likeness (QED) is 0.851. The number of anilines is 1. The van der Waals surface area contributed by atoms with E-state index in [4.69, 9.17) is 0 Å². The topological polar surface area (TPSA) is 39.1 Å². The zero-order valence-electron chi connectivity index (χ0n) is 12.1. The fourth-order valence-corrected chi connectivity index (χ4v) is 2.31. The van der Waals surface area contributed by atoms with E-state index >= 15 is 0 Å². The van der Waals surface area contributed by atoms with E-state index in [1.165, 1.54) is 18.4 Å². The van der Waals surface area contributed by atoms with E-state index in [-0.39, 0.29) is 0 Å². The van der Waals surface area contributed by atoms with Crippen LogP contribution in [0.5, 0.6) is 0 Å². The maximum Gasteiger partial charge on any atom is 0.101 e. The van der Waals surface area contributed by atoms with Gasteiger partial charge in [-0.1, -0.05) is 19.9 Å². The van der Waals surface area contributed by atoms with E-state index in [0.717, 1.165) is 24.3 Å². The molecule has 0 spiro atoms. The molecule has 1 aromatic carbocycles. The zero-order valence-corrected chi connectivity index (χ0v) is 12.1. The summed E-state index contributed by atoms with van der Waals surface area (Å²) < 4.78 is 0. The molecule has 0 unspecified atom stereocenters. The van der Waals surface area contributed by atoms with E-state index in [1.807, 2.05) is 6.07 Å². The minimum absolute atomic E-state index is 0.591. The summed E-state index contributed by atoms with van der Waals surface area (Å²) in [5.41, 5.74) is 3.01. The molecule has 0 amide bonds. The lowest BCUT2D eigenvalue weighted by Gasteiger charge is -2.23. The molecule has 19 heavy (non-hydrogen) atoms. The highest BCUT2D eigenvalue weighted by molar-refractivity contribution is 5.60. The number of benzene rings is 1. The van der Waals surface area contributed by atoms with Crippen LogP contribution in [0.3, 0.4) is 0 Å². The van der Waals surface area contributed by atoms with Crippen molar-refractivity contribution in [2.75, 3.05) is 18.5 Å². The highest BCUT2D eigenvalue weighted by Crippen LogP contribution is 2.23. The van der Waals surface area contributed by atoms with Crippen molar-refractivity contribution in [1.82, 2.24) is 5.32 Å². The van der Waals surface area contributed by atoms with E-state index in [1.54, 1.807) is 0 Å². The molecule has 0 bridgehead atoms. The molecule has 0 atom stereocenters. The second-order valence-electron chi connectivity index (χ2n) is 5.89. The Labute approximate surface area is 116 Å². The fraction of sp³-hybridized carbons (Fsp3) is 0.562. The first kappa shape index (κ1) is 13.9. The lowest BCUT2D eigenvalue weighted by molar-refractivity contribution is 0.638. The number of hydrogen-bond donors (Lipinski definition) is 1. The number of hydrogen-bond acceptors (Lipinski definition) is 3. The summed E-state index contributed by atoms with van der Waals surface area (Å²) in [5, 5.41) is 12.8. The molecule has 2 rings (SSSR count). The van der Waals surface area contributed by atoms with Crippen LogP contribution in [-0.4, -0.2) is 19.6 Å². The summed E-state index contributed by atoms with van der Waals surface area (Å²) >= 11 is 0. The zero-order chi connectivity index (χ0) is 13.8. The molecule has 0 radical (unpaired) electrons. The van der Waals surface area contributed by atoms with Crippen molar-refractivity contribution in [3.8, 4) is 6.07 Å². The van der Waals surface area contributed by atoms with Crippen LogP contribution in [0.25, 0.3) is 0 Å². The van der Waals surface area contributed by atoms with Gasteiger partial charge in [-0.05, 0) is 36.5 Å². The molecule has 0 aliphatic heterocycles. The molecular formula is C16H23N3. The van der Waals surface area contributed by atoms with Crippen molar-refractivity contribution < 1.29 is 0 Å². The Morgan fingerprint density at radius 3 is 2.74 bits per heavy atom. The lowest BCUT2D eigenvalue weighted by atomic mass is 10.1. The van der Waals surface area contributed by atoms with Gasteiger partial charge in [0.15, 0.2) is 0 Å². The average molecular weight is 257 g/mol. The van der Waals surface area contributed by atoms with Gasteiger partial charge in [-0.25, -0.2) is 0 Å². The van der Waals surface area contributed by atoms with Crippen molar-refractivity contribution in [2.24, 2.45) is 5.92 Å². The molecule has 1 fully saturated rings. The van der Waals surface area contributed by atoms with Crippen LogP contribution in [0.4, 0.5) is 5.69 Å². The van der Waals surface area contributed by atoms with Gasteiger partial charge in [-0.3, -0.25) is 0 Å². The third kappa shape index (κ3) is 3.97. The van der Waals surface area contributed by atoms with Gasteiger partial charge >= 0.3 is 0 Å². The largest absolute Gasteiger partial charge is 0.373 e. The van der Waals surface area contributed by atoms with E-state index in [2.05, 4.69) is 49.3 Å². The van der Waals surface area contributed by atoms with Crippen molar-refractivity contribution in [3.63, 3.8) is 0 Å². The van der Waals surface area contributed by atoms with Gasteiger partial charge in [0.25, 0.3) is 0 Å². The Morgan fingerprint density at radius 1 is 1.42 bits per heavy atom. The summed E-state index contributed by atoms with van der Waals surface area (Å²) in [6, 6.07) is 9.24. The molecule has 1 aliphatic carbocycles. The van der Waals surface area contributed by atoms with Crippen LogP contribution in [0.15, 0.2) is 18.2 Å². The molecule has 1 aromatic rings. The second-order valence-corrected chi connectivity index (χ2v) is 5.89. The van der Waals surface area contributed by atoms with Gasteiger partial charge in [0.1, 0.15) is 6.07 Å². The first-order chi connectivity index (χ1) is 9.10. The first-order valence-corrected chi connectivity index (χ1v) is 7.07. The normalized spacial score (nSPS) is 14.5. The van der Waals surface area contributed by atoms with Crippen LogP contribution in [0.2, 0.25) is 0 Å². The van der Waals surface area contributed by atoms with Crippen LogP contribution >= 0.6 is 0 Å². The summed E-state index contributed by atoms with van der Waals surface area (Å²) in [7, 11) is 2.05. The Morgan fingerprint density at radius 2 is 2.16 bits per heavy atom.